The number of carbonyl (C=O) groups is 2. The molecule has 0 bridgehead atoms. The molecule has 1 aliphatic heterocycles. The summed E-state index contributed by atoms with van der Waals surface area (Å²) >= 11 is 1.29. The minimum Gasteiger partial charge on any atom is -0.481 e. The molecule has 3 heterocycles. The largest absolute Gasteiger partial charge is 0.481 e. The Balaban J connectivity index is 2.01. The zero-order chi connectivity index (χ0) is 18.1. The molecule has 8 heteroatoms. The number of piperidine rings is 1. The summed E-state index contributed by atoms with van der Waals surface area (Å²) in [6, 6.07) is 0. The summed E-state index contributed by atoms with van der Waals surface area (Å²) < 4.78 is 5.31. The number of aromatic nitrogens is 2. The minimum absolute atomic E-state index is 0.193. The van der Waals surface area contributed by atoms with Gasteiger partial charge >= 0.3 is 11.9 Å². The molecular weight excluding hydrogens is 342 g/mol. The maximum atomic E-state index is 12.3. The number of anilines is 1. The molecule has 2 aromatic heterocycles. The maximum absolute atomic E-state index is 12.3. The van der Waals surface area contributed by atoms with E-state index in [1.165, 1.54) is 17.7 Å². The van der Waals surface area contributed by atoms with Crippen LogP contribution in [0.1, 0.15) is 41.9 Å². The van der Waals surface area contributed by atoms with Crippen molar-refractivity contribution in [1.29, 1.82) is 0 Å². The van der Waals surface area contributed by atoms with Crippen LogP contribution in [0.15, 0.2) is 6.33 Å². The first-order valence-corrected chi connectivity index (χ1v) is 9.13. The lowest BCUT2D eigenvalue weighted by atomic mass is 9.98. The highest BCUT2D eigenvalue weighted by Gasteiger charge is 2.29. The molecule has 1 atom stereocenters. The number of thiophene rings is 1. The summed E-state index contributed by atoms with van der Waals surface area (Å²) in [6.07, 6.45) is 2.75. The summed E-state index contributed by atoms with van der Waals surface area (Å²) in [5, 5.41) is 10.1. The number of aliphatic carboxylic acids is 1. The Hall–Kier alpha value is -2.22. The Morgan fingerprint density at radius 3 is 2.84 bits per heavy atom. The minimum atomic E-state index is -0.779. The monoisotopic (exact) mass is 363 g/mol. The molecule has 0 amide bonds. The van der Waals surface area contributed by atoms with Crippen LogP contribution in [0, 0.1) is 12.8 Å². The fraction of sp³-hybridized carbons (Fsp3) is 0.529. The number of nitrogens with zero attached hydrogens (tertiary/aromatic N) is 3. The smallest absolute Gasteiger partial charge is 0.348 e. The first-order chi connectivity index (χ1) is 11.9. The lowest BCUT2D eigenvalue weighted by molar-refractivity contribution is -0.141. The van der Waals surface area contributed by atoms with Crippen LogP contribution in [0.25, 0.3) is 10.2 Å². The van der Waals surface area contributed by atoms with Crippen molar-refractivity contribution in [2.45, 2.75) is 39.7 Å². The fourth-order valence-corrected chi connectivity index (χ4v) is 4.15. The van der Waals surface area contributed by atoms with E-state index in [2.05, 4.69) is 9.97 Å². The predicted octanol–water partition coefficient (Wildman–Crippen LogP) is 2.87. The maximum Gasteiger partial charge on any atom is 0.348 e. The third kappa shape index (κ3) is 3.44. The normalized spacial score (nSPS) is 17.9. The molecule has 0 radical (unpaired) electrons. The van der Waals surface area contributed by atoms with E-state index in [0.717, 1.165) is 28.7 Å². The topological polar surface area (TPSA) is 92.6 Å². The molecular formula is C17H21N3O4S. The van der Waals surface area contributed by atoms with Crippen molar-refractivity contribution in [2.75, 3.05) is 18.0 Å². The number of rotatable bonds is 4. The number of carboxylic acids is 1. The molecule has 1 unspecified atom stereocenters. The van der Waals surface area contributed by atoms with Gasteiger partial charge in [0, 0.05) is 13.1 Å². The molecule has 3 rings (SSSR count). The highest BCUT2D eigenvalue weighted by molar-refractivity contribution is 7.20. The van der Waals surface area contributed by atoms with Gasteiger partial charge in [-0.1, -0.05) is 0 Å². The van der Waals surface area contributed by atoms with Crippen molar-refractivity contribution in [1.82, 2.24) is 9.97 Å². The quantitative estimate of drug-likeness (QED) is 0.835. The van der Waals surface area contributed by atoms with Crippen molar-refractivity contribution in [3.05, 3.63) is 16.8 Å². The number of esters is 1. The van der Waals surface area contributed by atoms with Gasteiger partial charge in [0.05, 0.1) is 17.4 Å². The molecule has 0 aromatic carbocycles. The van der Waals surface area contributed by atoms with Crippen molar-refractivity contribution in [3.63, 3.8) is 0 Å². The Morgan fingerprint density at radius 1 is 1.40 bits per heavy atom. The first kappa shape index (κ1) is 17.6. The number of aryl methyl sites for hydroxylation is 1. The Kier molecular flexibility index (Phi) is 4.89. The molecule has 1 fully saturated rings. The van der Waals surface area contributed by atoms with Crippen LogP contribution in [-0.2, 0) is 9.53 Å². The van der Waals surface area contributed by atoms with E-state index in [0.29, 0.717) is 23.7 Å². The van der Waals surface area contributed by atoms with Crippen molar-refractivity contribution in [3.8, 4) is 0 Å². The van der Waals surface area contributed by atoms with Crippen LogP contribution < -0.4 is 4.90 Å². The highest BCUT2D eigenvalue weighted by Crippen LogP contribution is 2.36. The summed E-state index contributed by atoms with van der Waals surface area (Å²) in [7, 11) is 0. The Labute approximate surface area is 149 Å². The van der Waals surface area contributed by atoms with Gasteiger partial charge in [-0.05, 0) is 39.2 Å². The van der Waals surface area contributed by atoms with Gasteiger partial charge < -0.3 is 14.7 Å². The second-order valence-electron chi connectivity index (χ2n) is 6.51. The number of hydrogen-bond donors (Lipinski definition) is 1. The van der Waals surface area contributed by atoms with E-state index in [9.17, 15) is 14.7 Å². The van der Waals surface area contributed by atoms with Crippen LogP contribution in [0.3, 0.4) is 0 Å². The number of ether oxygens (including phenoxy) is 1. The third-order valence-electron chi connectivity index (χ3n) is 4.31. The molecule has 2 aromatic rings. The number of carbonyl (C=O) groups excluding carboxylic acids is 1. The molecule has 1 N–H and O–H groups in total. The summed E-state index contributed by atoms with van der Waals surface area (Å²) in [5.74, 6) is -0.835. The molecule has 0 saturated carbocycles. The van der Waals surface area contributed by atoms with Gasteiger partial charge in [0.1, 0.15) is 21.9 Å². The van der Waals surface area contributed by atoms with Gasteiger partial charge in [0.25, 0.3) is 0 Å². The third-order valence-corrected chi connectivity index (χ3v) is 5.48. The molecule has 7 nitrogen and oxygen atoms in total. The average molecular weight is 363 g/mol. The zero-order valence-electron chi connectivity index (χ0n) is 14.5. The lowest BCUT2D eigenvalue weighted by Gasteiger charge is -2.32. The summed E-state index contributed by atoms with van der Waals surface area (Å²) in [4.78, 5) is 35.6. The van der Waals surface area contributed by atoms with E-state index in [-0.39, 0.29) is 12.1 Å². The van der Waals surface area contributed by atoms with E-state index in [1.807, 2.05) is 25.7 Å². The number of carboxylic acid groups (broad SMARTS) is 1. The van der Waals surface area contributed by atoms with Crippen molar-refractivity contribution >= 4 is 39.3 Å². The standard InChI is InChI=1S/C17H21N3O4S/c1-9(2)24-17(23)13-10(3)12-14(18-8-19-15(12)25-13)20-6-4-5-11(7-20)16(21)22/h8-9,11H,4-7H2,1-3H3,(H,21,22). The summed E-state index contributed by atoms with van der Waals surface area (Å²) in [6.45, 7) is 6.65. The predicted molar refractivity (Wildman–Crippen MR) is 95.3 cm³/mol. The van der Waals surface area contributed by atoms with E-state index >= 15 is 0 Å². The molecule has 25 heavy (non-hydrogen) atoms. The van der Waals surface area contributed by atoms with Gasteiger partial charge in [0.2, 0.25) is 0 Å². The van der Waals surface area contributed by atoms with Crippen LogP contribution >= 0.6 is 11.3 Å². The van der Waals surface area contributed by atoms with E-state index in [1.54, 1.807) is 0 Å². The SMILES string of the molecule is Cc1c(C(=O)OC(C)C)sc2ncnc(N3CCCC(C(=O)O)C3)c12. The number of hydrogen-bond acceptors (Lipinski definition) is 7. The van der Waals surface area contributed by atoms with Crippen LogP contribution in [0.5, 0.6) is 0 Å². The van der Waals surface area contributed by atoms with E-state index < -0.39 is 11.9 Å². The Bertz CT molecular complexity index is 818. The molecule has 0 aliphatic carbocycles. The fourth-order valence-electron chi connectivity index (χ4n) is 3.13. The van der Waals surface area contributed by atoms with Gasteiger partial charge in [-0.25, -0.2) is 14.8 Å². The average Bonchev–Trinajstić information content (AvgIpc) is 2.91. The second-order valence-corrected chi connectivity index (χ2v) is 7.51. The van der Waals surface area contributed by atoms with Gasteiger partial charge in [-0.3, -0.25) is 4.79 Å². The highest BCUT2D eigenvalue weighted by atomic mass is 32.1. The van der Waals surface area contributed by atoms with Crippen LogP contribution in [0.4, 0.5) is 5.82 Å². The first-order valence-electron chi connectivity index (χ1n) is 8.31. The van der Waals surface area contributed by atoms with Gasteiger partial charge in [0.15, 0.2) is 0 Å². The van der Waals surface area contributed by atoms with Crippen LogP contribution in [0.2, 0.25) is 0 Å². The molecule has 1 aliphatic rings. The zero-order valence-corrected chi connectivity index (χ0v) is 15.3. The molecule has 134 valence electrons. The van der Waals surface area contributed by atoms with Crippen molar-refractivity contribution < 1.29 is 19.4 Å². The lowest BCUT2D eigenvalue weighted by Crippen LogP contribution is -2.39. The molecule has 0 spiro atoms. The summed E-state index contributed by atoms with van der Waals surface area (Å²) in [5.41, 5.74) is 0.790. The van der Waals surface area contributed by atoms with Crippen LogP contribution in [-0.4, -0.2) is 46.2 Å². The van der Waals surface area contributed by atoms with Crippen molar-refractivity contribution in [2.24, 2.45) is 5.92 Å². The second kappa shape index (κ2) is 6.95. The Morgan fingerprint density at radius 2 is 2.16 bits per heavy atom. The van der Waals surface area contributed by atoms with E-state index in [4.69, 9.17) is 4.74 Å². The molecule has 1 saturated heterocycles. The van der Waals surface area contributed by atoms with Gasteiger partial charge in [-0.15, -0.1) is 11.3 Å². The van der Waals surface area contributed by atoms with Gasteiger partial charge in [-0.2, -0.15) is 0 Å². The number of fused-ring (bicyclic) bond motifs is 1.